The first kappa shape index (κ1) is 22.9. The number of ether oxygens (including phenoxy) is 4. The molecule has 0 atom stereocenters. The van der Waals surface area contributed by atoms with E-state index in [1.54, 1.807) is 81.8 Å². The molecule has 0 radical (unpaired) electrons. The highest BCUT2D eigenvalue weighted by atomic mass is 16.5. The van der Waals surface area contributed by atoms with Gasteiger partial charge in [-0.2, -0.15) is 0 Å². The highest BCUT2D eigenvalue weighted by Crippen LogP contribution is 2.33. The van der Waals surface area contributed by atoms with Crippen molar-refractivity contribution in [3.05, 3.63) is 82.2 Å². The summed E-state index contributed by atoms with van der Waals surface area (Å²) in [5, 5.41) is 0.380. The van der Waals surface area contributed by atoms with Gasteiger partial charge in [0.2, 0.25) is 5.43 Å². The summed E-state index contributed by atoms with van der Waals surface area (Å²) in [5.74, 6) is 2.10. The van der Waals surface area contributed by atoms with Gasteiger partial charge in [0.15, 0.2) is 11.5 Å². The monoisotopic (exact) mass is 460 g/mol. The van der Waals surface area contributed by atoms with E-state index < -0.39 is 5.97 Å². The number of esters is 1. The fraction of sp³-hybridized carbons (Fsp3) is 0.185. The summed E-state index contributed by atoms with van der Waals surface area (Å²) in [5.41, 5.74) is 2.02. The molecule has 4 rings (SSSR count). The highest BCUT2D eigenvalue weighted by Gasteiger charge is 2.17. The number of methoxy groups -OCH3 is 3. The van der Waals surface area contributed by atoms with Crippen LogP contribution in [0.5, 0.6) is 23.0 Å². The van der Waals surface area contributed by atoms with Crippen LogP contribution in [0.4, 0.5) is 0 Å². The van der Waals surface area contributed by atoms with Crippen molar-refractivity contribution in [1.29, 1.82) is 0 Å². The summed E-state index contributed by atoms with van der Waals surface area (Å²) in [6.45, 7) is 1.72. The molecule has 34 heavy (non-hydrogen) atoms. The van der Waals surface area contributed by atoms with Gasteiger partial charge < -0.3 is 23.4 Å². The van der Waals surface area contributed by atoms with E-state index in [1.165, 1.54) is 7.11 Å². The minimum atomic E-state index is -0.425. The van der Waals surface area contributed by atoms with Crippen LogP contribution in [0.25, 0.3) is 22.1 Å². The predicted molar refractivity (Wildman–Crippen MR) is 128 cm³/mol. The molecule has 1 heterocycles. The highest BCUT2D eigenvalue weighted by molar-refractivity contribution is 5.85. The number of aryl methyl sites for hydroxylation is 1. The second-order valence-corrected chi connectivity index (χ2v) is 7.59. The summed E-state index contributed by atoms with van der Waals surface area (Å²) in [6, 6.07) is 17.2. The Bertz CT molecular complexity index is 1400. The lowest BCUT2D eigenvalue weighted by Gasteiger charge is -2.12. The zero-order chi connectivity index (χ0) is 24.2. The number of benzene rings is 3. The van der Waals surface area contributed by atoms with E-state index in [1.807, 2.05) is 0 Å². The Morgan fingerprint density at radius 1 is 0.824 bits per heavy atom. The first-order chi connectivity index (χ1) is 16.4. The lowest BCUT2D eigenvalue weighted by molar-refractivity contribution is -0.133. The van der Waals surface area contributed by atoms with Crippen molar-refractivity contribution in [2.45, 2.75) is 13.3 Å². The van der Waals surface area contributed by atoms with E-state index in [0.717, 1.165) is 5.56 Å². The van der Waals surface area contributed by atoms with E-state index in [0.29, 0.717) is 50.9 Å². The zero-order valence-electron chi connectivity index (χ0n) is 19.3. The lowest BCUT2D eigenvalue weighted by Crippen LogP contribution is -2.12. The third-order valence-electron chi connectivity index (χ3n) is 5.45. The van der Waals surface area contributed by atoms with Gasteiger partial charge in [-0.25, -0.2) is 0 Å². The van der Waals surface area contributed by atoms with Gasteiger partial charge in [0.05, 0.1) is 38.7 Å². The minimum absolute atomic E-state index is 0.100. The molecule has 3 aromatic carbocycles. The Morgan fingerprint density at radius 2 is 1.53 bits per heavy atom. The van der Waals surface area contributed by atoms with E-state index in [4.69, 9.17) is 23.4 Å². The van der Waals surface area contributed by atoms with Crippen LogP contribution in [-0.4, -0.2) is 27.3 Å². The second kappa shape index (κ2) is 9.70. The summed E-state index contributed by atoms with van der Waals surface area (Å²) >= 11 is 0. The van der Waals surface area contributed by atoms with Gasteiger partial charge in [-0.3, -0.25) is 9.59 Å². The fourth-order valence-corrected chi connectivity index (χ4v) is 3.75. The maximum atomic E-state index is 13.3. The molecular weight excluding hydrogens is 436 g/mol. The molecule has 7 heteroatoms. The number of hydrogen-bond acceptors (Lipinski definition) is 7. The van der Waals surface area contributed by atoms with Crippen molar-refractivity contribution in [1.82, 2.24) is 0 Å². The molecule has 0 aliphatic rings. The van der Waals surface area contributed by atoms with Crippen molar-refractivity contribution in [3.8, 4) is 34.1 Å². The number of fused-ring (bicyclic) bond motifs is 1. The first-order valence-corrected chi connectivity index (χ1v) is 10.6. The molecule has 0 saturated heterocycles. The average molecular weight is 460 g/mol. The van der Waals surface area contributed by atoms with Gasteiger partial charge in [-0.1, -0.05) is 18.2 Å². The topological polar surface area (TPSA) is 84.2 Å². The van der Waals surface area contributed by atoms with Crippen LogP contribution >= 0.6 is 0 Å². The molecular formula is C27H24O7. The molecule has 0 N–H and O–H groups in total. The molecule has 0 amide bonds. The smallest absolute Gasteiger partial charge is 0.315 e. The van der Waals surface area contributed by atoms with Crippen molar-refractivity contribution in [2.24, 2.45) is 0 Å². The van der Waals surface area contributed by atoms with Gasteiger partial charge in [-0.05, 0) is 54.4 Å². The fourth-order valence-electron chi connectivity index (χ4n) is 3.75. The van der Waals surface area contributed by atoms with Gasteiger partial charge in [0, 0.05) is 6.07 Å². The molecule has 0 spiro atoms. The SMILES string of the molecule is COc1ccc(CC(=O)Oc2ccc3c(=O)c(-c4ccc(OC)c(OC)c4)c(C)oc3c2)cc1. The lowest BCUT2D eigenvalue weighted by atomic mass is 10.0. The first-order valence-electron chi connectivity index (χ1n) is 10.6. The average Bonchev–Trinajstić information content (AvgIpc) is 2.84. The van der Waals surface area contributed by atoms with Crippen LogP contribution in [-0.2, 0) is 11.2 Å². The molecule has 0 aliphatic heterocycles. The Labute approximate surface area is 196 Å². The summed E-state index contributed by atoms with van der Waals surface area (Å²) in [6.07, 6.45) is 0.100. The second-order valence-electron chi connectivity index (χ2n) is 7.59. The van der Waals surface area contributed by atoms with Crippen molar-refractivity contribution in [2.75, 3.05) is 21.3 Å². The van der Waals surface area contributed by atoms with Gasteiger partial charge >= 0.3 is 5.97 Å². The van der Waals surface area contributed by atoms with Gasteiger partial charge in [-0.15, -0.1) is 0 Å². The molecule has 0 fully saturated rings. The molecule has 7 nitrogen and oxygen atoms in total. The normalized spacial score (nSPS) is 10.7. The third kappa shape index (κ3) is 4.59. The molecule has 0 aliphatic carbocycles. The van der Waals surface area contributed by atoms with E-state index in [9.17, 15) is 9.59 Å². The van der Waals surface area contributed by atoms with Crippen molar-refractivity contribution < 1.29 is 28.2 Å². The number of carbonyl (C=O) groups is 1. The maximum Gasteiger partial charge on any atom is 0.315 e. The van der Waals surface area contributed by atoms with Crippen LogP contribution in [0, 0.1) is 6.92 Å². The molecule has 0 bridgehead atoms. The quantitative estimate of drug-likeness (QED) is 0.285. The zero-order valence-corrected chi connectivity index (χ0v) is 19.3. The predicted octanol–water partition coefficient (Wildman–Crippen LogP) is 4.94. The number of carbonyl (C=O) groups excluding carboxylic acids is 1. The standard InChI is InChI=1S/C27H24O7/c1-16-26(18-7-12-22(31-3)24(14-18)32-4)27(29)21-11-10-20(15-23(21)33-16)34-25(28)13-17-5-8-19(30-2)9-6-17/h5-12,14-15H,13H2,1-4H3. The molecule has 4 aromatic rings. The molecule has 1 aromatic heterocycles. The summed E-state index contributed by atoms with van der Waals surface area (Å²) in [7, 11) is 4.67. The van der Waals surface area contributed by atoms with Gasteiger partial charge in [0.25, 0.3) is 0 Å². The molecule has 0 saturated carbocycles. The van der Waals surface area contributed by atoms with E-state index in [2.05, 4.69) is 0 Å². The Kier molecular flexibility index (Phi) is 6.54. The Hall–Kier alpha value is -4.26. The van der Waals surface area contributed by atoms with E-state index >= 15 is 0 Å². The third-order valence-corrected chi connectivity index (χ3v) is 5.45. The van der Waals surface area contributed by atoms with Crippen LogP contribution < -0.4 is 24.4 Å². The molecule has 174 valence electrons. The molecule has 0 unspecified atom stereocenters. The Morgan fingerprint density at radius 3 is 2.21 bits per heavy atom. The van der Waals surface area contributed by atoms with Crippen molar-refractivity contribution in [3.63, 3.8) is 0 Å². The maximum absolute atomic E-state index is 13.3. The van der Waals surface area contributed by atoms with Crippen LogP contribution in [0.3, 0.4) is 0 Å². The van der Waals surface area contributed by atoms with Crippen LogP contribution in [0.1, 0.15) is 11.3 Å². The number of hydrogen-bond donors (Lipinski definition) is 0. The largest absolute Gasteiger partial charge is 0.497 e. The van der Waals surface area contributed by atoms with Gasteiger partial charge in [0.1, 0.15) is 22.8 Å². The number of rotatable bonds is 7. The summed E-state index contributed by atoms with van der Waals surface area (Å²) < 4.78 is 27.2. The van der Waals surface area contributed by atoms with Crippen molar-refractivity contribution >= 4 is 16.9 Å². The van der Waals surface area contributed by atoms with Crippen LogP contribution in [0.15, 0.2) is 69.9 Å². The Balaban J connectivity index is 1.61. The van der Waals surface area contributed by atoms with E-state index in [-0.39, 0.29) is 11.8 Å². The van der Waals surface area contributed by atoms with Crippen LogP contribution in [0.2, 0.25) is 0 Å². The minimum Gasteiger partial charge on any atom is -0.497 e. The summed E-state index contributed by atoms with van der Waals surface area (Å²) in [4.78, 5) is 25.7.